The summed E-state index contributed by atoms with van der Waals surface area (Å²) < 4.78 is 27.6. The molecule has 2 aromatic carbocycles. The SMILES string of the molecule is CCCN(CC(=O)N1CCc2sccc2C1c1ccc(C)cc1)S(=O)(=O)/C=C/c1ccccc1. The highest BCUT2D eigenvalue weighted by atomic mass is 32.2. The van der Waals surface area contributed by atoms with Gasteiger partial charge in [-0.1, -0.05) is 67.1 Å². The lowest BCUT2D eigenvalue weighted by molar-refractivity contribution is -0.133. The molecule has 4 rings (SSSR count). The monoisotopic (exact) mass is 494 g/mol. The Morgan fingerprint density at radius 2 is 1.85 bits per heavy atom. The van der Waals surface area contributed by atoms with Crippen LogP contribution in [-0.2, 0) is 21.2 Å². The maximum absolute atomic E-state index is 13.6. The van der Waals surface area contributed by atoms with E-state index in [4.69, 9.17) is 0 Å². The van der Waals surface area contributed by atoms with Gasteiger partial charge in [-0.25, -0.2) is 8.42 Å². The van der Waals surface area contributed by atoms with E-state index in [1.165, 1.54) is 14.6 Å². The summed E-state index contributed by atoms with van der Waals surface area (Å²) in [6.07, 6.45) is 2.99. The maximum Gasteiger partial charge on any atom is 0.238 e. The van der Waals surface area contributed by atoms with Gasteiger partial charge < -0.3 is 4.90 Å². The van der Waals surface area contributed by atoms with Gasteiger partial charge in [0.05, 0.1) is 12.6 Å². The zero-order valence-electron chi connectivity index (χ0n) is 19.6. The van der Waals surface area contributed by atoms with Crippen molar-refractivity contribution in [3.05, 3.63) is 98.6 Å². The van der Waals surface area contributed by atoms with Gasteiger partial charge in [-0.05, 0) is 54.0 Å². The van der Waals surface area contributed by atoms with E-state index >= 15 is 0 Å². The van der Waals surface area contributed by atoms with E-state index in [0.717, 1.165) is 28.7 Å². The molecule has 1 atom stereocenters. The van der Waals surface area contributed by atoms with Crippen molar-refractivity contribution in [1.82, 2.24) is 9.21 Å². The van der Waals surface area contributed by atoms with E-state index in [1.54, 1.807) is 17.4 Å². The summed E-state index contributed by atoms with van der Waals surface area (Å²) in [5.41, 5.74) is 4.15. The number of hydrogen-bond donors (Lipinski definition) is 0. The highest BCUT2D eigenvalue weighted by Crippen LogP contribution is 2.38. The van der Waals surface area contributed by atoms with E-state index in [1.807, 2.05) is 49.1 Å². The fourth-order valence-corrected chi connectivity index (χ4v) is 6.43. The number of aryl methyl sites for hydroxylation is 1. The van der Waals surface area contributed by atoms with Crippen LogP contribution in [0.1, 0.15) is 46.5 Å². The molecule has 1 aromatic heterocycles. The van der Waals surface area contributed by atoms with Crippen LogP contribution in [0.15, 0.2) is 71.5 Å². The van der Waals surface area contributed by atoms with E-state index in [2.05, 4.69) is 35.7 Å². The summed E-state index contributed by atoms with van der Waals surface area (Å²) in [5.74, 6) is -0.174. The number of hydrogen-bond acceptors (Lipinski definition) is 4. The summed E-state index contributed by atoms with van der Waals surface area (Å²) in [7, 11) is -3.75. The number of nitrogens with zero attached hydrogens (tertiary/aromatic N) is 2. The van der Waals surface area contributed by atoms with Gasteiger partial charge in [0.25, 0.3) is 0 Å². The predicted molar refractivity (Wildman–Crippen MR) is 139 cm³/mol. The molecule has 0 bridgehead atoms. The molecule has 0 N–H and O–H groups in total. The molecule has 1 unspecified atom stereocenters. The van der Waals surface area contributed by atoms with Crippen molar-refractivity contribution in [3.63, 3.8) is 0 Å². The average molecular weight is 495 g/mol. The first-order valence-corrected chi connectivity index (χ1v) is 13.9. The van der Waals surface area contributed by atoms with Crippen molar-refractivity contribution in [2.75, 3.05) is 19.6 Å². The van der Waals surface area contributed by atoms with E-state index < -0.39 is 10.0 Å². The topological polar surface area (TPSA) is 57.7 Å². The van der Waals surface area contributed by atoms with E-state index in [-0.39, 0.29) is 18.5 Å². The molecule has 0 radical (unpaired) electrons. The molecular formula is C27H30N2O3S2. The van der Waals surface area contributed by atoms with Gasteiger partial charge in [0.15, 0.2) is 0 Å². The molecule has 1 amide bonds. The molecule has 0 aliphatic carbocycles. The van der Waals surface area contributed by atoms with Gasteiger partial charge in [0.1, 0.15) is 0 Å². The normalized spacial score (nSPS) is 16.2. The summed E-state index contributed by atoms with van der Waals surface area (Å²) in [6, 6.07) is 19.4. The molecule has 34 heavy (non-hydrogen) atoms. The van der Waals surface area contributed by atoms with Crippen LogP contribution in [0.5, 0.6) is 0 Å². The molecule has 1 aliphatic rings. The molecule has 2 heterocycles. The Labute approximate surface area is 206 Å². The highest BCUT2D eigenvalue weighted by molar-refractivity contribution is 7.92. The zero-order valence-corrected chi connectivity index (χ0v) is 21.2. The Morgan fingerprint density at radius 3 is 2.56 bits per heavy atom. The van der Waals surface area contributed by atoms with Crippen LogP contribution < -0.4 is 0 Å². The summed E-state index contributed by atoms with van der Waals surface area (Å²) in [4.78, 5) is 16.7. The van der Waals surface area contributed by atoms with Crippen LogP contribution in [0, 0.1) is 6.92 Å². The van der Waals surface area contributed by atoms with Crippen LogP contribution >= 0.6 is 11.3 Å². The van der Waals surface area contributed by atoms with Gasteiger partial charge in [0, 0.05) is 23.4 Å². The number of thiophene rings is 1. The molecule has 7 heteroatoms. The lowest BCUT2D eigenvalue weighted by Crippen LogP contribution is -2.46. The zero-order chi connectivity index (χ0) is 24.1. The van der Waals surface area contributed by atoms with Crippen molar-refractivity contribution in [3.8, 4) is 0 Å². The molecule has 0 fully saturated rings. The second-order valence-corrected chi connectivity index (χ2v) is 11.4. The minimum absolute atomic E-state index is 0.170. The second kappa shape index (κ2) is 10.7. The van der Waals surface area contributed by atoms with E-state index in [9.17, 15) is 13.2 Å². The Morgan fingerprint density at radius 1 is 1.12 bits per heavy atom. The largest absolute Gasteiger partial charge is 0.330 e. The Bertz CT molecular complexity index is 1250. The van der Waals surface area contributed by atoms with Crippen molar-refractivity contribution in [2.45, 2.75) is 32.7 Å². The third kappa shape index (κ3) is 5.49. The highest BCUT2D eigenvalue weighted by Gasteiger charge is 2.34. The van der Waals surface area contributed by atoms with Gasteiger partial charge in [-0.3, -0.25) is 4.79 Å². The number of benzene rings is 2. The number of carbonyl (C=O) groups is 1. The number of sulfonamides is 1. The molecule has 3 aromatic rings. The van der Waals surface area contributed by atoms with Crippen molar-refractivity contribution in [2.24, 2.45) is 0 Å². The molecule has 5 nitrogen and oxygen atoms in total. The molecular weight excluding hydrogens is 464 g/mol. The number of amides is 1. The van der Waals surface area contributed by atoms with Crippen LogP contribution in [0.25, 0.3) is 6.08 Å². The van der Waals surface area contributed by atoms with Crippen LogP contribution in [0.2, 0.25) is 0 Å². The molecule has 0 saturated carbocycles. The Hall–Kier alpha value is -2.74. The van der Waals surface area contributed by atoms with E-state index in [0.29, 0.717) is 19.5 Å². The van der Waals surface area contributed by atoms with Gasteiger partial charge >= 0.3 is 0 Å². The van der Waals surface area contributed by atoms with Crippen LogP contribution in [0.3, 0.4) is 0 Å². The standard InChI is InChI=1S/C27H30N2O3S2/c1-3-16-28(34(31,32)19-15-22-7-5-4-6-8-22)20-26(30)29-17-13-25-24(14-18-33-25)27(29)23-11-9-21(2)10-12-23/h4-12,14-15,18-19,27H,3,13,16-17,20H2,1-2H3/b19-15+. The maximum atomic E-state index is 13.6. The van der Waals surface area contributed by atoms with Crippen molar-refractivity contribution in [1.29, 1.82) is 0 Å². The predicted octanol–water partition coefficient (Wildman–Crippen LogP) is 5.24. The molecule has 0 spiro atoms. The second-order valence-electron chi connectivity index (χ2n) is 8.54. The Kier molecular flexibility index (Phi) is 7.66. The average Bonchev–Trinajstić information content (AvgIpc) is 3.32. The van der Waals surface area contributed by atoms with Gasteiger partial charge in [0.2, 0.25) is 15.9 Å². The summed E-state index contributed by atoms with van der Waals surface area (Å²) >= 11 is 1.72. The first-order valence-electron chi connectivity index (χ1n) is 11.5. The minimum Gasteiger partial charge on any atom is -0.330 e. The number of rotatable bonds is 8. The van der Waals surface area contributed by atoms with Gasteiger partial charge in [-0.15, -0.1) is 11.3 Å². The number of carbonyl (C=O) groups excluding carboxylic acids is 1. The lowest BCUT2D eigenvalue weighted by atomic mass is 9.92. The molecule has 1 aliphatic heterocycles. The van der Waals surface area contributed by atoms with Crippen LogP contribution in [-0.4, -0.2) is 43.2 Å². The first-order chi connectivity index (χ1) is 16.4. The summed E-state index contributed by atoms with van der Waals surface area (Å²) in [5, 5.41) is 3.28. The third-order valence-corrected chi connectivity index (χ3v) is 8.56. The fourth-order valence-electron chi connectivity index (χ4n) is 4.30. The van der Waals surface area contributed by atoms with Gasteiger partial charge in [-0.2, -0.15) is 4.31 Å². The number of fused-ring (bicyclic) bond motifs is 1. The van der Waals surface area contributed by atoms with Crippen molar-refractivity contribution < 1.29 is 13.2 Å². The lowest BCUT2D eigenvalue weighted by Gasteiger charge is -2.37. The third-order valence-electron chi connectivity index (χ3n) is 6.06. The quantitative estimate of drug-likeness (QED) is 0.430. The Balaban J connectivity index is 1.59. The van der Waals surface area contributed by atoms with Crippen LogP contribution in [0.4, 0.5) is 0 Å². The molecule has 0 saturated heterocycles. The van der Waals surface area contributed by atoms with Crippen molar-refractivity contribution >= 4 is 33.3 Å². The molecule has 178 valence electrons. The smallest absolute Gasteiger partial charge is 0.238 e. The first kappa shape index (κ1) is 24.4. The summed E-state index contributed by atoms with van der Waals surface area (Å²) in [6.45, 7) is 4.66. The minimum atomic E-state index is -3.75. The fraction of sp³-hybridized carbons (Fsp3) is 0.296.